The number of hydrogen-bond acceptors (Lipinski definition) is 4. The van der Waals surface area contributed by atoms with Crippen LogP contribution in [0.4, 0.5) is 8.78 Å². The van der Waals surface area contributed by atoms with Gasteiger partial charge >= 0.3 is 0 Å². The summed E-state index contributed by atoms with van der Waals surface area (Å²) in [5.41, 5.74) is 1.15. The van der Waals surface area contributed by atoms with Crippen molar-refractivity contribution >= 4 is 17.5 Å². The minimum absolute atomic E-state index is 0.0297. The highest BCUT2D eigenvalue weighted by Crippen LogP contribution is 2.22. The molecule has 1 heterocycles. The number of amides is 1. The van der Waals surface area contributed by atoms with E-state index in [2.05, 4.69) is 10.5 Å². The predicted octanol–water partition coefficient (Wildman–Crippen LogP) is 4.42. The first kappa shape index (κ1) is 18.8. The molecular formula is C19H15ClF2N2O3. The van der Waals surface area contributed by atoms with Gasteiger partial charge < -0.3 is 14.6 Å². The summed E-state index contributed by atoms with van der Waals surface area (Å²) in [6.07, 6.45) is 0. The zero-order valence-electron chi connectivity index (χ0n) is 14.3. The van der Waals surface area contributed by atoms with E-state index < -0.39 is 17.5 Å². The Morgan fingerprint density at radius 3 is 2.78 bits per heavy atom. The predicted molar refractivity (Wildman–Crippen MR) is 94.6 cm³/mol. The summed E-state index contributed by atoms with van der Waals surface area (Å²) in [6.45, 7) is 1.65. The van der Waals surface area contributed by atoms with Crippen LogP contribution in [0, 0.1) is 18.6 Å². The zero-order valence-corrected chi connectivity index (χ0v) is 15.0. The number of nitrogens with one attached hydrogen (secondary N) is 1. The molecule has 0 radical (unpaired) electrons. The Morgan fingerprint density at radius 2 is 2.04 bits per heavy atom. The molecule has 2 aromatic carbocycles. The first-order valence-corrected chi connectivity index (χ1v) is 8.38. The summed E-state index contributed by atoms with van der Waals surface area (Å²) in [7, 11) is 0. The number of carbonyl (C=O) groups excluding carboxylic acids is 1. The SMILES string of the molecule is Cc1onc(C(=O)NCc2ccccc2Cl)c1COc1ccc(F)cc1F. The molecule has 8 heteroatoms. The fourth-order valence-electron chi connectivity index (χ4n) is 2.38. The summed E-state index contributed by atoms with van der Waals surface area (Å²) in [6, 6.07) is 10.1. The third-order valence-corrected chi connectivity index (χ3v) is 4.23. The number of halogens is 3. The Balaban J connectivity index is 1.70. The molecule has 0 atom stereocenters. The molecule has 0 aliphatic heterocycles. The molecule has 0 spiro atoms. The van der Waals surface area contributed by atoms with Crippen molar-refractivity contribution < 1.29 is 22.8 Å². The highest BCUT2D eigenvalue weighted by atomic mass is 35.5. The Bertz CT molecular complexity index is 975. The number of aromatic nitrogens is 1. The van der Waals surface area contributed by atoms with Crippen molar-refractivity contribution in [2.24, 2.45) is 0 Å². The minimum Gasteiger partial charge on any atom is -0.486 e. The molecule has 0 fully saturated rings. The van der Waals surface area contributed by atoms with Crippen molar-refractivity contribution in [3.8, 4) is 5.75 Å². The summed E-state index contributed by atoms with van der Waals surface area (Å²) >= 11 is 6.06. The standard InChI is InChI=1S/C19H15ClF2N2O3/c1-11-14(10-26-17-7-6-13(21)8-16(17)22)18(24-27-11)19(25)23-9-12-4-2-3-5-15(12)20/h2-8H,9-10H2,1H3,(H,23,25). The average molecular weight is 393 g/mol. The lowest BCUT2D eigenvalue weighted by Gasteiger charge is -2.09. The number of nitrogens with zero attached hydrogens (tertiary/aromatic N) is 1. The van der Waals surface area contributed by atoms with Gasteiger partial charge in [-0.3, -0.25) is 4.79 Å². The van der Waals surface area contributed by atoms with Crippen molar-refractivity contribution in [3.05, 3.63) is 81.7 Å². The molecule has 27 heavy (non-hydrogen) atoms. The molecule has 0 saturated heterocycles. The first-order valence-electron chi connectivity index (χ1n) is 8.00. The van der Waals surface area contributed by atoms with Gasteiger partial charge in [-0.05, 0) is 30.7 Å². The molecule has 0 unspecified atom stereocenters. The Morgan fingerprint density at radius 1 is 1.26 bits per heavy atom. The van der Waals surface area contributed by atoms with E-state index in [-0.39, 0.29) is 24.6 Å². The van der Waals surface area contributed by atoms with E-state index in [1.807, 2.05) is 6.07 Å². The van der Waals surface area contributed by atoms with Crippen LogP contribution in [0.15, 0.2) is 47.0 Å². The largest absolute Gasteiger partial charge is 0.486 e. The fraction of sp³-hybridized carbons (Fsp3) is 0.158. The molecule has 140 valence electrons. The summed E-state index contributed by atoms with van der Waals surface area (Å²) in [4.78, 5) is 12.4. The molecule has 0 saturated carbocycles. The van der Waals surface area contributed by atoms with Gasteiger partial charge in [-0.2, -0.15) is 0 Å². The maximum Gasteiger partial charge on any atom is 0.274 e. The zero-order chi connectivity index (χ0) is 19.4. The highest BCUT2D eigenvalue weighted by molar-refractivity contribution is 6.31. The number of rotatable bonds is 6. The molecule has 1 N–H and O–H groups in total. The van der Waals surface area contributed by atoms with Crippen LogP contribution >= 0.6 is 11.6 Å². The lowest BCUT2D eigenvalue weighted by atomic mass is 10.2. The van der Waals surface area contributed by atoms with Gasteiger partial charge in [-0.1, -0.05) is 35.0 Å². The van der Waals surface area contributed by atoms with Gasteiger partial charge in [-0.15, -0.1) is 0 Å². The van der Waals surface area contributed by atoms with E-state index in [1.54, 1.807) is 25.1 Å². The van der Waals surface area contributed by atoms with Gasteiger partial charge in [0.2, 0.25) is 0 Å². The molecule has 5 nitrogen and oxygen atoms in total. The van der Waals surface area contributed by atoms with Gasteiger partial charge in [0.25, 0.3) is 5.91 Å². The van der Waals surface area contributed by atoms with Crippen LogP contribution < -0.4 is 10.1 Å². The summed E-state index contributed by atoms with van der Waals surface area (Å²) in [5.74, 6) is -1.81. The van der Waals surface area contributed by atoms with Gasteiger partial charge in [-0.25, -0.2) is 8.78 Å². The molecule has 3 aromatic rings. The van der Waals surface area contributed by atoms with E-state index in [0.29, 0.717) is 22.4 Å². The minimum atomic E-state index is -0.839. The van der Waals surface area contributed by atoms with E-state index in [0.717, 1.165) is 11.6 Å². The van der Waals surface area contributed by atoms with E-state index in [9.17, 15) is 13.6 Å². The summed E-state index contributed by atoms with van der Waals surface area (Å²) in [5, 5.41) is 6.98. The average Bonchev–Trinajstić information content (AvgIpc) is 3.01. The molecular weight excluding hydrogens is 378 g/mol. The Hall–Kier alpha value is -2.93. The van der Waals surface area contributed by atoms with Gasteiger partial charge in [0, 0.05) is 17.6 Å². The molecule has 1 aromatic heterocycles. The topological polar surface area (TPSA) is 64.4 Å². The van der Waals surface area contributed by atoms with Crippen LogP contribution in [0.5, 0.6) is 5.75 Å². The maximum absolute atomic E-state index is 13.7. The number of benzene rings is 2. The van der Waals surface area contributed by atoms with Crippen molar-refractivity contribution in [3.63, 3.8) is 0 Å². The molecule has 1 amide bonds. The van der Waals surface area contributed by atoms with E-state index in [1.165, 1.54) is 6.07 Å². The normalized spacial score (nSPS) is 10.7. The highest BCUT2D eigenvalue weighted by Gasteiger charge is 2.21. The van der Waals surface area contributed by atoms with Gasteiger partial charge in [0.05, 0.1) is 5.56 Å². The number of ether oxygens (including phenoxy) is 1. The quantitative estimate of drug-likeness (QED) is 0.674. The number of hydrogen-bond donors (Lipinski definition) is 1. The smallest absolute Gasteiger partial charge is 0.274 e. The van der Waals surface area contributed by atoms with Crippen molar-refractivity contribution in [1.29, 1.82) is 0 Å². The van der Waals surface area contributed by atoms with Crippen LogP contribution in [0.25, 0.3) is 0 Å². The van der Waals surface area contributed by atoms with Crippen LogP contribution in [0.2, 0.25) is 5.02 Å². The van der Waals surface area contributed by atoms with E-state index >= 15 is 0 Å². The second-order valence-corrected chi connectivity index (χ2v) is 6.11. The lowest BCUT2D eigenvalue weighted by molar-refractivity contribution is 0.0939. The van der Waals surface area contributed by atoms with Gasteiger partial charge in [0.15, 0.2) is 17.3 Å². The van der Waals surface area contributed by atoms with E-state index in [4.69, 9.17) is 20.9 Å². The number of carbonyl (C=O) groups is 1. The first-order chi connectivity index (χ1) is 13.0. The van der Waals surface area contributed by atoms with Crippen molar-refractivity contribution in [2.45, 2.75) is 20.1 Å². The number of aryl methyl sites for hydroxylation is 1. The second kappa shape index (κ2) is 8.18. The third-order valence-electron chi connectivity index (χ3n) is 3.86. The Kier molecular flexibility index (Phi) is 5.71. The second-order valence-electron chi connectivity index (χ2n) is 5.70. The maximum atomic E-state index is 13.7. The van der Waals surface area contributed by atoms with Gasteiger partial charge in [0.1, 0.15) is 18.2 Å². The van der Waals surface area contributed by atoms with Crippen molar-refractivity contribution in [2.75, 3.05) is 0 Å². The molecule has 0 aliphatic rings. The summed E-state index contributed by atoms with van der Waals surface area (Å²) < 4.78 is 37.1. The third kappa shape index (κ3) is 4.43. The lowest BCUT2D eigenvalue weighted by Crippen LogP contribution is -2.24. The van der Waals surface area contributed by atoms with Crippen LogP contribution in [-0.4, -0.2) is 11.1 Å². The van der Waals surface area contributed by atoms with Crippen LogP contribution in [-0.2, 0) is 13.2 Å². The monoisotopic (exact) mass is 392 g/mol. The molecule has 0 bridgehead atoms. The van der Waals surface area contributed by atoms with Crippen LogP contribution in [0.1, 0.15) is 27.4 Å². The molecule has 0 aliphatic carbocycles. The fourth-order valence-corrected chi connectivity index (χ4v) is 2.59. The molecule has 3 rings (SSSR count). The van der Waals surface area contributed by atoms with Crippen LogP contribution in [0.3, 0.4) is 0 Å². The van der Waals surface area contributed by atoms with Crippen molar-refractivity contribution in [1.82, 2.24) is 10.5 Å². The Labute approximate surface area is 158 Å².